The summed E-state index contributed by atoms with van der Waals surface area (Å²) in [7, 11) is 1.62. The van der Waals surface area contributed by atoms with Crippen molar-refractivity contribution in [3.05, 3.63) is 72.3 Å². The lowest BCUT2D eigenvalue weighted by atomic mass is 10.1. The smallest absolute Gasteiger partial charge is 0.254 e. The Kier molecular flexibility index (Phi) is 6.44. The maximum Gasteiger partial charge on any atom is 0.254 e. The number of aromatic nitrogens is 3. The van der Waals surface area contributed by atoms with Gasteiger partial charge in [0.05, 0.1) is 18.8 Å². The highest BCUT2D eigenvalue weighted by molar-refractivity contribution is 7.98. The first kappa shape index (κ1) is 19.6. The molecule has 28 heavy (non-hydrogen) atoms. The van der Waals surface area contributed by atoms with Gasteiger partial charge in [0.2, 0.25) is 5.91 Å². The van der Waals surface area contributed by atoms with Crippen molar-refractivity contribution >= 4 is 29.3 Å². The molecule has 0 atom stereocenters. The van der Waals surface area contributed by atoms with Gasteiger partial charge in [-0.25, -0.2) is 9.67 Å². The molecule has 0 saturated carbocycles. The van der Waals surface area contributed by atoms with E-state index in [-0.39, 0.29) is 18.4 Å². The van der Waals surface area contributed by atoms with Crippen LogP contribution in [0.25, 0.3) is 0 Å². The number of nitrogens with one attached hydrogen (secondary N) is 1. The molecule has 1 aromatic heterocycles. The van der Waals surface area contributed by atoms with E-state index in [4.69, 9.17) is 0 Å². The Morgan fingerprint density at radius 1 is 1.14 bits per heavy atom. The maximum absolute atomic E-state index is 12.6. The Morgan fingerprint density at radius 3 is 2.57 bits per heavy atom. The average molecular weight is 395 g/mol. The predicted molar refractivity (Wildman–Crippen MR) is 109 cm³/mol. The SMILES string of the molecule is CSc1ccccc1NC(=O)CN(C)C(=O)c1ccc(Cn2cncn2)cc1. The molecule has 0 aliphatic rings. The number of anilines is 1. The zero-order chi connectivity index (χ0) is 19.9. The molecule has 1 heterocycles. The van der Waals surface area contributed by atoms with Gasteiger partial charge in [-0.15, -0.1) is 11.8 Å². The quantitative estimate of drug-likeness (QED) is 0.622. The van der Waals surface area contributed by atoms with Crippen LogP contribution in [0.15, 0.2) is 66.1 Å². The fourth-order valence-corrected chi connectivity index (χ4v) is 3.25. The van der Waals surface area contributed by atoms with E-state index in [1.807, 2.05) is 42.7 Å². The minimum Gasteiger partial charge on any atom is -0.332 e. The van der Waals surface area contributed by atoms with Crippen LogP contribution < -0.4 is 5.32 Å². The molecule has 2 amide bonds. The van der Waals surface area contributed by atoms with Crippen molar-refractivity contribution in [2.75, 3.05) is 25.2 Å². The summed E-state index contributed by atoms with van der Waals surface area (Å²) in [6.07, 6.45) is 5.07. The minimum absolute atomic E-state index is 0.0255. The van der Waals surface area contributed by atoms with E-state index in [2.05, 4.69) is 15.4 Å². The Bertz CT molecular complexity index is 941. The molecular weight excluding hydrogens is 374 g/mol. The number of carbonyl (C=O) groups excluding carboxylic acids is 2. The first-order chi connectivity index (χ1) is 13.6. The van der Waals surface area contributed by atoms with Crippen molar-refractivity contribution in [2.45, 2.75) is 11.4 Å². The number of likely N-dealkylation sites (N-methyl/N-ethyl adjacent to an activating group) is 1. The third-order valence-electron chi connectivity index (χ3n) is 4.12. The summed E-state index contributed by atoms with van der Waals surface area (Å²) in [5.74, 6) is -0.444. The number of carbonyl (C=O) groups is 2. The second-order valence-corrected chi connectivity index (χ2v) is 7.05. The number of nitrogens with zero attached hydrogens (tertiary/aromatic N) is 4. The van der Waals surface area contributed by atoms with Crippen molar-refractivity contribution in [1.82, 2.24) is 19.7 Å². The van der Waals surface area contributed by atoms with Gasteiger partial charge in [0.1, 0.15) is 12.7 Å². The van der Waals surface area contributed by atoms with Crippen molar-refractivity contribution in [2.24, 2.45) is 0 Å². The molecule has 0 aliphatic heterocycles. The van der Waals surface area contributed by atoms with Gasteiger partial charge in [-0.1, -0.05) is 24.3 Å². The van der Waals surface area contributed by atoms with Gasteiger partial charge in [0, 0.05) is 17.5 Å². The zero-order valence-electron chi connectivity index (χ0n) is 15.7. The number of rotatable bonds is 7. The highest BCUT2D eigenvalue weighted by atomic mass is 32.2. The minimum atomic E-state index is -0.236. The van der Waals surface area contributed by atoms with Crippen molar-refractivity contribution < 1.29 is 9.59 Å². The standard InChI is InChI=1S/C20H21N5O2S/c1-24(12-19(26)23-17-5-3-4-6-18(17)28-2)20(27)16-9-7-15(8-10-16)11-25-14-21-13-22-25/h3-10,13-14H,11-12H2,1-2H3,(H,23,26). The molecular formula is C20H21N5O2S. The molecule has 8 heteroatoms. The van der Waals surface area contributed by atoms with E-state index in [1.165, 1.54) is 11.2 Å². The number of hydrogen-bond acceptors (Lipinski definition) is 5. The van der Waals surface area contributed by atoms with Crippen LogP contribution in [-0.2, 0) is 11.3 Å². The summed E-state index contributed by atoms with van der Waals surface area (Å²) >= 11 is 1.56. The van der Waals surface area contributed by atoms with E-state index in [0.717, 1.165) is 16.1 Å². The summed E-state index contributed by atoms with van der Waals surface area (Å²) < 4.78 is 1.71. The van der Waals surface area contributed by atoms with Crippen LogP contribution in [0.4, 0.5) is 5.69 Å². The highest BCUT2D eigenvalue weighted by Crippen LogP contribution is 2.24. The van der Waals surface area contributed by atoms with Crippen LogP contribution in [0.3, 0.4) is 0 Å². The van der Waals surface area contributed by atoms with Gasteiger partial charge in [0.25, 0.3) is 5.91 Å². The van der Waals surface area contributed by atoms with Crippen molar-refractivity contribution in [1.29, 1.82) is 0 Å². The van der Waals surface area contributed by atoms with Crippen LogP contribution in [-0.4, -0.2) is 51.3 Å². The topological polar surface area (TPSA) is 80.1 Å². The summed E-state index contributed by atoms with van der Waals surface area (Å²) in [5, 5.41) is 6.92. The molecule has 0 bridgehead atoms. The summed E-state index contributed by atoms with van der Waals surface area (Å²) in [5.41, 5.74) is 2.29. The molecule has 0 saturated heterocycles. The number of amides is 2. The predicted octanol–water partition coefficient (Wildman–Crippen LogP) is 2.76. The van der Waals surface area contributed by atoms with Crippen molar-refractivity contribution in [3.8, 4) is 0 Å². The van der Waals surface area contributed by atoms with E-state index in [1.54, 1.807) is 42.0 Å². The second kappa shape index (κ2) is 9.18. The molecule has 3 rings (SSSR count). The molecule has 0 aliphatic carbocycles. The molecule has 1 N–H and O–H groups in total. The van der Waals surface area contributed by atoms with Crippen LogP contribution in [0.5, 0.6) is 0 Å². The average Bonchev–Trinajstić information content (AvgIpc) is 3.21. The van der Waals surface area contributed by atoms with Gasteiger partial charge in [0.15, 0.2) is 0 Å². The van der Waals surface area contributed by atoms with E-state index in [9.17, 15) is 9.59 Å². The third kappa shape index (κ3) is 4.98. The van der Waals surface area contributed by atoms with Crippen molar-refractivity contribution in [3.63, 3.8) is 0 Å². The summed E-state index contributed by atoms with van der Waals surface area (Å²) in [6, 6.07) is 14.8. The molecule has 0 radical (unpaired) electrons. The Morgan fingerprint density at radius 2 is 1.89 bits per heavy atom. The lowest BCUT2D eigenvalue weighted by molar-refractivity contribution is -0.116. The van der Waals surface area contributed by atoms with Crippen LogP contribution in [0, 0.1) is 0 Å². The molecule has 0 fully saturated rings. The summed E-state index contributed by atoms with van der Waals surface area (Å²) in [4.78, 5) is 31.2. The molecule has 3 aromatic rings. The maximum atomic E-state index is 12.6. The van der Waals surface area contributed by atoms with Crippen LogP contribution in [0.2, 0.25) is 0 Å². The summed E-state index contributed by atoms with van der Waals surface area (Å²) in [6.45, 7) is 0.559. The van der Waals surface area contributed by atoms with Crippen LogP contribution >= 0.6 is 11.8 Å². The fraction of sp³-hybridized carbons (Fsp3) is 0.200. The first-order valence-corrected chi connectivity index (χ1v) is 9.89. The number of para-hydroxylation sites is 1. The lowest BCUT2D eigenvalue weighted by Gasteiger charge is -2.18. The van der Waals surface area contributed by atoms with Crippen LogP contribution in [0.1, 0.15) is 15.9 Å². The Hall–Kier alpha value is -3.13. The van der Waals surface area contributed by atoms with E-state index < -0.39 is 0 Å². The number of hydrogen-bond donors (Lipinski definition) is 1. The Balaban J connectivity index is 1.58. The molecule has 0 unspecified atom stereocenters. The van der Waals surface area contributed by atoms with Gasteiger partial charge in [-0.05, 0) is 36.1 Å². The lowest BCUT2D eigenvalue weighted by Crippen LogP contribution is -2.35. The molecule has 2 aromatic carbocycles. The highest BCUT2D eigenvalue weighted by Gasteiger charge is 2.16. The largest absolute Gasteiger partial charge is 0.332 e. The third-order valence-corrected chi connectivity index (χ3v) is 4.92. The Labute approximate surface area is 167 Å². The first-order valence-electron chi connectivity index (χ1n) is 8.66. The van der Waals surface area contributed by atoms with Gasteiger partial charge in [-0.2, -0.15) is 5.10 Å². The number of thioether (sulfide) groups is 1. The molecule has 144 valence electrons. The number of benzene rings is 2. The normalized spacial score (nSPS) is 10.5. The molecule has 7 nitrogen and oxygen atoms in total. The monoisotopic (exact) mass is 395 g/mol. The molecule has 0 spiro atoms. The van der Waals surface area contributed by atoms with E-state index >= 15 is 0 Å². The zero-order valence-corrected chi connectivity index (χ0v) is 16.5. The van der Waals surface area contributed by atoms with Gasteiger partial charge >= 0.3 is 0 Å². The van der Waals surface area contributed by atoms with Gasteiger partial charge in [-0.3, -0.25) is 9.59 Å². The second-order valence-electron chi connectivity index (χ2n) is 6.20. The van der Waals surface area contributed by atoms with Gasteiger partial charge < -0.3 is 10.2 Å². The fourth-order valence-electron chi connectivity index (χ4n) is 2.70. The van der Waals surface area contributed by atoms with E-state index in [0.29, 0.717) is 12.1 Å².